The van der Waals surface area contributed by atoms with Gasteiger partial charge >= 0.3 is 6.03 Å². The van der Waals surface area contributed by atoms with Crippen molar-refractivity contribution in [2.45, 2.75) is 6.54 Å². The van der Waals surface area contributed by atoms with E-state index in [4.69, 9.17) is 0 Å². The lowest BCUT2D eigenvalue weighted by molar-refractivity contribution is -0.120. The van der Waals surface area contributed by atoms with E-state index in [1.807, 2.05) is 47.7 Å². The number of anilines is 1. The molecule has 21 heavy (non-hydrogen) atoms. The summed E-state index contributed by atoms with van der Waals surface area (Å²) >= 11 is 1.64. The van der Waals surface area contributed by atoms with Gasteiger partial charge in [-0.05, 0) is 30.6 Å². The maximum absolute atomic E-state index is 11.8. The molecule has 0 unspecified atom stereocenters. The number of likely N-dealkylation sites (N-methyl/N-ethyl adjacent to an activating group) is 1. The molecule has 0 aliphatic carbocycles. The monoisotopic (exact) mass is 303 g/mol. The topological polar surface area (TPSA) is 61.4 Å². The summed E-state index contributed by atoms with van der Waals surface area (Å²) in [5, 5.41) is 6.91. The van der Waals surface area contributed by atoms with Gasteiger partial charge in [0.15, 0.2) is 0 Å². The smallest absolute Gasteiger partial charge is 0.308 e. The van der Waals surface area contributed by atoms with E-state index < -0.39 is 6.03 Å². The number of carbonyl (C=O) groups is 2. The molecule has 2 aromatic rings. The molecule has 0 aliphatic heterocycles. The van der Waals surface area contributed by atoms with E-state index in [0.29, 0.717) is 12.2 Å². The van der Waals surface area contributed by atoms with Crippen molar-refractivity contribution in [3.63, 3.8) is 0 Å². The quantitative estimate of drug-likeness (QED) is 0.892. The molecule has 0 bridgehead atoms. The number of nitrogens with one attached hydrogen (secondary N) is 2. The first-order valence-corrected chi connectivity index (χ1v) is 7.38. The average Bonchev–Trinajstić information content (AvgIpc) is 2.91. The fourth-order valence-corrected chi connectivity index (χ4v) is 2.60. The van der Waals surface area contributed by atoms with E-state index in [2.05, 4.69) is 10.6 Å². The zero-order valence-electron chi connectivity index (χ0n) is 11.7. The Kier molecular flexibility index (Phi) is 5.48. The van der Waals surface area contributed by atoms with Crippen LogP contribution >= 0.6 is 11.3 Å². The van der Waals surface area contributed by atoms with Crippen molar-refractivity contribution in [3.05, 3.63) is 52.7 Å². The number of urea groups is 1. The summed E-state index contributed by atoms with van der Waals surface area (Å²) in [6, 6.07) is 12.5. The van der Waals surface area contributed by atoms with Crippen LogP contribution < -0.4 is 10.6 Å². The normalized spacial score (nSPS) is 10.4. The Bertz CT molecular complexity index is 584. The predicted molar refractivity (Wildman–Crippen MR) is 84.3 cm³/mol. The summed E-state index contributed by atoms with van der Waals surface area (Å²) < 4.78 is 0. The summed E-state index contributed by atoms with van der Waals surface area (Å²) in [6.45, 7) is 0.853. The number of hydrogen-bond acceptors (Lipinski definition) is 4. The number of thiophene rings is 1. The molecule has 1 heterocycles. The van der Waals surface area contributed by atoms with Crippen molar-refractivity contribution in [1.82, 2.24) is 10.2 Å². The highest BCUT2D eigenvalue weighted by Crippen LogP contribution is 2.10. The molecule has 6 heteroatoms. The lowest BCUT2D eigenvalue weighted by Gasteiger charge is -2.15. The van der Waals surface area contributed by atoms with Crippen LogP contribution in [0.3, 0.4) is 0 Å². The first-order valence-electron chi connectivity index (χ1n) is 6.50. The molecule has 0 saturated heterocycles. The van der Waals surface area contributed by atoms with Gasteiger partial charge < -0.3 is 5.32 Å². The molecule has 110 valence electrons. The molecule has 2 N–H and O–H groups in total. The third kappa shape index (κ3) is 5.37. The maximum Gasteiger partial charge on any atom is 0.325 e. The van der Waals surface area contributed by atoms with E-state index in [0.717, 1.165) is 0 Å². The Morgan fingerprint density at radius 1 is 1.14 bits per heavy atom. The molecule has 0 aliphatic rings. The zero-order valence-corrected chi connectivity index (χ0v) is 12.5. The van der Waals surface area contributed by atoms with Gasteiger partial charge in [0.05, 0.1) is 6.54 Å². The summed E-state index contributed by atoms with van der Waals surface area (Å²) in [4.78, 5) is 26.5. The molecule has 0 radical (unpaired) electrons. The van der Waals surface area contributed by atoms with Crippen LogP contribution in [0, 0.1) is 0 Å². The molecule has 0 saturated carbocycles. The SMILES string of the molecule is CN(CC(=O)NC(=O)Nc1ccccc1)Cc1cccs1. The van der Waals surface area contributed by atoms with Crippen LogP contribution in [-0.2, 0) is 11.3 Å². The molecule has 1 aromatic carbocycles. The summed E-state index contributed by atoms with van der Waals surface area (Å²) in [5.41, 5.74) is 0.648. The van der Waals surface area contributed by atoms with Gasteiger partial charge in [0.2, 0.25) is 5.91 Å². The predicted octanol–water partition coefficient (Wildman–Crippen LogP) is 2.53. The van der Waals surface area contributed by atoms with Gasteiger partial charge in [-0.2, -0.15) is 0 Å². The van der Waals surface area contributed by atoms with Crippen LogP contribution in [0.1, 0.15) is 4.88 Å². The van der Waals surface area contributed by atoms with Gasteiger partial charge in [-0.15, -0.1) is 11.3 Å². The van der Waals surface area contributed by atoms with Crippen LogP contribution in [0.5, 0.6) is 0 Å². The van der Waals surface area contributed by atoms with Gasteiger partial charge in [-0.1, -0.05) is 24.3 Å². The molecule has 2 rings (SSSR count). The molecular weight excluding hydrogens is 286 g/mol. The molecule has 5 nitrogen and oxygen atoms in total. The second kappa shape index (κ2) is 7.56. The van der Waals surface area contributed by atoms with Gasteiger partial charge in [0.25, 0.3) is 0 Å². The number of carbonyl (C=O) groups excluding carboxylic acids is 2. The molecular formula is C15H17N3O2S. The number of para-hydroxylation sites is 1. The summed E-state index contributed by atoms with van der Waals surface area (Å²) in [6.07, 6.45) is 0. The second-order valence-corrected chi connectivity index (χ2v) is 5.65. The highest BCUT2D eigenvalue weighted by atomic mass is 32.1. The number of rotatable bonds is 5. The maximum atomic E-state index is 11.8. The van der Waals surface area contributed by atoms with E-state index in [1.165, 1.54) is 4.88 Å². The number of amides is 3. The molecule has 0 spiro atoms. The molecule has 1 aromatic heterocycles. The average molecular weight is 303 g/mol. The number of hydrogen-bond donors (Lipinski definition) is 2. The van der Waals surface area contributed by atoms with Crippen LogP contribution in [-0.4, -0.2) is 30.4 Å². The van der Waals surface area contributed by atoms with Crippen molar-refractivity contribution < 1.29 is 9.59 Å². The largest absolute Gasteiger partial charge is 0.325 e. The molecule has 0 fully saturated rings. The molecule has 0 atom stereocenters. The van der Waals surface area contributed by atoms with E-state index >= 15 is 0 Å². The lowest BCUT2D eigenvalue weighted by Crippen LogP contribution is -2.40. The highest BCUT2D eigenvalue weighted by Gasteiger charge is 2.11. The van der Waals surface area contributed by atoms with Crippen LogP contribution in [0.2, 0.25) is 0 Å². The third-order valence-electron chi connectivity index (χ3n) is 2.70. The number of nitrogens with zero attached hydrogens (tertiary/aromatic N) is 1. The summed E-state index contributed by atoms with van der Waals surface area (Å²) in [7, 11) is 1.84. The van der Waals surface area contributed by atoms with Gasteiger partial charge in [0, 0.05) is 17.1 Å². The second-order valence-electron chi connectivity index (χ2n) is 4.62. The number of benzene rings is 1. The lowest BCUT2D eigenvalue weighted by atomic mass is 10.3. The first kappa shape index (κ1) is 15.2. The minimum Gasteiger partial charge on any atom is -0.308 e. The van der Waals surface area contributed by atoms with Crippen LogP contribution in [0.25, 0.3) is 0 Å². The minimum atomic E-state index is -0.518. The Morgan fingerprint density at radius 3 is 2.57 bits per heavy atom. The van der Waals surface area contributed by atoms with Crippen molar-refractivity contribution in [3.8, 4) is 0 Å². The summed E-state index contributed by atoms with van der Waals surface area (Å²) in [5.74, 6) is -0.331. The van der Waals surface area contributed by atoms with E-state index in [9.17, 15) is 9.59 Å². The fraction of sp³-hybridized carbons (Fsp3) is 0.200. The van der Waals surface area contributed by atoms with E-state index in [-0.39, 0.29) is 12.5 Å². The van der Waals surface area contributed by atoms with Crippen molar-refractivity contribution in [2.24, 2.45) is 0 Å². The zero-order chi connectivity index (χ0) is 15.1. The standard InChI is InChI=1S/C15H17N3O2S/c1-18(10-13-8-5-9-21-13)11-14(19)17-15(20)16-12-6-3-2-4-7-12/h2-9H,10-11H2,1H3,(H2,16,17,19,20). The van der Waals surface area contributed by atoms with Crippen LogP contribution in [0.15, 0.2) is 47.8 Å². The van der Waals surface area contributed by atoms with Gasteiger partial charge in [0.1, 0.15) is 0 Å². The van der Waals surface area contributed by atoms with Crippen molar-refractivity contribution in [2.75, 3.05) is 18.9 Å². The van der Waals surface area contributed by atoms with Crippen molar-refractivity contribution in [1.29, 1.82) is 0 Å². The Morgan fingerprint density at radius 2 is 1.90 bits per heavy atom. The van der Waals surface area contributed by atoms with E-state index in [1.54, 1.807) is 23.5 Å². The Balaban J connectivity index is 1.74. The molecule has 3 amide bonds. The van der Waals surface area contributed by atoms with Crippen molar-refractivity contribution >= 4 is 29.0 Å². The number of imide groups is 1. The Labute approximate surface area is 127 Å². The first-order chi connectivity index (χ1) is 10.1. The minimum absolute atomic E-state index is 0.167. The van der Waals surface area contributed by atoms with Gasteiger partial charge in [-0.25, -0.2) is 4.79 Å². The Hall–Kier alpha value is -2.18. The third-order valence-corrected chi connectivity index (χ3v) is 3.57. The highest BCUT2D eigenvalue weighted by molar-refractivity contribution is 7.09. The van der Waals surface area contributed by atoms with Crippen LogP contribution in [0.4, 0.5) is 10.5 Å². The van der Waals surface area contributed by atoms with Gasteiger partial charge in [-0.3, -0.25) is 15.0 Å². The fourth-order valence-electron chi connectivity index (χ4n) is 1.82.